The van der Waals surface area contributed by atoms with Crippen LogP contribution in [0.5, 0.6) is 0 Å². The molecule has 0 heterocycles. The van der Waals surface area contributed by atoms with Crippen molar-refractivity contribution >= 4 is 11.8 Å². The van der Waals surface area contributed by atoms with Crippen molar-refractivity contribution < 1.29 is 0 Å². The van der Waals surface area contributed by atoms with Crippen LogP contribution < -0.4 is 5.32 Å². The number of benzene rings is 1. The summed E-state index contributed by atoms with van der Waals surface area (Å²) in [4.78, 5) is 1.32. The fourth-order valence-corrected chi connectivity index (χ4v) is 2.22. The maximum absolute atomic E-state index is 3.91. The van der Waals surface area contributed by atoms with Gasteiger partial charge < -0.3 is 5.32 Å². The summed E-state index contributed by atoms with van der Waals surface area (Å²) >= 11 is 1.84. The minimum Gasteiger partial charge on any atom is -0.310 e. The summed E-state index contributed by atoms with van der Waals surface area (Å²) in [5.74, 6) is 1.00. The second kappa shape index (κ2) is 6.77. The predicted molar refractivity (Wildman–Crippen MR) is 74.1 cm³/mol. The van der Waals surface area contributed by atoms with Crippen molar-refractivity contribution in [3.63, 3.8) is 0 Å². The molecule has 0 amide bonds. The molecule has 2 heteroatoms. The molecule has 16 heavy (non-hydrogen) atoms. The standard InChI is InChI=1S/C14H21NS/c1-5-15-12(4)13-6-8-14(9-7-13)16-10-11(2)3/h6-9,12,15H,2,5,10H2,1,3-4H3. The Balaban J connectivity index is 2.57. The Morgan fingerprint density at radius 3 is 2.50 bits per heavy atom. The third kappa shape index (κ3) is 4.42. The molecular formula is C14H21NS. The van der Waals surface area contributed by atoms with E-state index in [9.17, 15) is 0 Å². The number of hydrogen-bond acceptors (Lipinski definition) is 2. The lowest BCUT2D eigenvalue weighted by Gasteiger charge is -2.13. The van der Waals surface area contributed by atoms with Crippen LogP contribution in [0.25, 0.3) is 0 Å². The molecule has 0 bridgehead atoms. The summed E-state index contributed by atoms with van der Waals surface area (Å²) < 4.78 is 0. The highest BCUT2D eigenvalue weighted by atomic mass is 32.2. The summed E-state index contributed by atoms with van der Waals surface area (Å²) in [7, 11) is 0. The zero-order valence-corrected chi connectivity index (χ0v) is 11.2. The minimum atomic E-state index is 0.435. The van der Waals surface area contributed by atoms with E-state index in [0.717, 1.165) is 12.3 Å². The summed E-state index contributed by atoms with van der Waals surface area (Å²) in [5, 5.41) is 3.41. The smallest absolute Gasteiger partial charge is 0.0291 e. The first-order chi connectivity index (χ1) is 7.63. The van der Waals surface area contributed by atoms with Gasteiger partial charge in [-0.25, -0.2) is 0 Å². The zero-order valence-electron chi connectivity index (χ0n) is 10.4. The molecule has 1 aromatic carbocycles. The first kappa shape index (κ1) is 13.3. The van der Waals surface area contributed by atoms with Gasteiger partial charge in [-0.2, -0.15) is 0 Å². The van der Waals surface area contributed by atoms with E-state index in [2.05, 4.69) is 56.9 Å². The number of nitrogens with one attached hydrogen (secondary N) is 1. The van der Waals surface area contributed by atoms with Crippen molar-refractivity contribution in [1.29, 1.82) is 0 Å². The van der Waals surface area contributed by atoms with Crippen LogP contribution in [0.2, 0.25) is 0 Å². The lowest BCUT2D eigenvalue weighted by Crippen LogP contribution is -2.17. The van der Waals surface area contributed by atoms with Crippen molar-refractivity contribution in [2.45, 2.75) is 31.7 Å². The first-order valence-electron chi connectivity index (χ1n) is 5.74. The second-order valence-corrected chi connectivity index (χ2v) is 5.14. The van der Waals surface area contributed by atoms with Gasteiger partial charge in [-0.05, 0) is 38.1 Å². The lowest BCUT2D eigenvalue weighted by atomic mass is 10.1. The van der Waals surface area contributed by atoms with Gasteiger partial charge in [0.15, 0.2) is 0 Å². The zero-order chi connectivity index (χ0) is 12.0. The average molecular weight is 235 g/mol. The fraction of sp³-hybridized carbons (Fsp3) is 0.429. The molecule has 0 aliphatic carbocycles. The van der Waals surface area contributed by atoms with E-state index in [4.69, 9.17) is 0 Å². The normalized spacial score (nSPS) is 12.4. The van der Waals surface area contributed by atoms with Gasteiger partial charge in [-0.15, -0.1) is 11.8 Å². The van der Waals surface area contributed by atoms with Crippen molar-refractivity contribution in [2.24, 2.45) is 0 Å². The molecule has 0 aliphatic rings. The molecule has 1 nitrogen and oxygen atoms in total. The monoisotopic (exact) mass is 235 g/mol. The third-order valence-corrected chi connectivity index (χ3v) is 3.62. The Labute approximate surface area is 103 Å². The predicted octanol–water partition coefficient (Wildman–Crippen LogP) is 4.03. The van der Waals surface area contributed by atoms with Crippen molar-refractivity contribution in [3.8, 4) is 0 Å². The molecule has 0 aliphatic heterocycles. The maximum atomic E-state index is 3.91. The maximum Gasteiger partial charge on any atom is 0.0291 e. The van der Waals surface area contributed by atoms with Gasteiger partial charge >= 0.3 is 0 Å². The van der Waals surface area contributed by atoms with E-state index < -0.39 is 0 Å². The van der Waals surface area contributed by atoms with Gasteiger partial charge in [-0.3, -0.25) is 0 Å². The highest BCUT2D eigenvalue weighted by Gasteiger charge is 2.03. The Morgan fingerprint density at radius 1 is 1.38 bits per heavy atom. The molecule has 0 saturated heterocycles. The Morgan fingerprint density at radius 2 is 2.00 bits per heavy atom. The Bertz CT molecular complexity index is 329. The van der Waals surface area contributed by atoms with E-state index in [1.807, 2.05) is 11.8 Å². The highest BCUT2D eigenvalue weighted by molar-refractivity contribution is 7.99. The van der Waals surface area contributed by atoms with E-state index in [1.54, 1.807) is 0 Å². The van der Waals surface area contributed by atoms with Crippen molar-refractivity contribution in [3.05, 3.63) is 42.0 Å². The molecule has 1 rings (SSSR count). The van der Waals surface area contributed by atoms with Gasteiger partial charge in [0.25, 0.3) is 0 Å². The van der Waals surface area contributed by atoms with E-state index in [1.165, 1.54) is 16.0 Å². The minimum absolute atomic E-state index is 0.435. The Hall–Kier alpha value is -0.730. The molecule has 0 fully saturated rings. The van der Waals surface area contributed by atoms with Crippen LogP contribution in [0.4, 0.5) is 0 Å². The second-order valence-electron chi connectivity index (χ2n) is 4.09. The van der Waals surface area contributed by atoms with Crippen LogP contribution in [0.3, 0.4) is 0 Å². The first-order valence-corrected chi connectivity index (χ1v) is 6.72. The van der Waals surface area contributed by atoms with Gasteiger partial charge in [0.2, 0.25) is 0 Å². The molecule has 1 aromatic rings. The molecule has 0 radical (unpaired) electrons. The summed E-state index contributed by atoms with van der Waals surface area (Å²) in [6, 6.07) is 9.22. The SMILES string of the molecule is C=C(C)CSc1ccc(C(C)NCC)cc1. The van der Waals surface area contributed by atoms with Gasteiger partial charge in [0, 0.05) is 16.7 Å². The summed E-state index contributed by atoms with van der Waals surface area (Å²) in [5.41, 5.74) is 2.57. The third-order valence-electron chi connectivity index (χ3n) is 2.38. The summed E-state index contributed by atoms with van der Waals surface area (Å²) in [6.45, 7) is 11.3. The molecular weight excluding hydrogens is 214 g/mol. The van der Waals surface area contributed by atoms with Gasteiger partial charge in [-0.1, -0.05) is 31.2 Å². The topological polar surface area (TPSA) is 12.0 Å². The van der Waals surface area contributed by atoms with Crippen LogP contribution in [0.15, 0.2) is 41.3 Å². The molecule has 0 spiro atoms. The van der Waals surface area contributed by atoms with E-state index in [-0.39, 0.29) is 0 Å². The number of thioether (sulfide) groups is 1. The lowest BCUT2D eigenvalue weighted by molar-refractivity contribution is 0.598. The van der Waals surface area contributed by atoms with Crippen LogP contribution in [-0.2, 0) is 0 Å². The van der Waals surface area contributed by atoms with Gasteiger partial charge in [0.05, 0.1) is 0 Å². The molecule has 1 atom stereocenters. The van der Waals surface area contributed by atoms with E-state index in [0.29, 0.717) is 6.04 Å². The number of hydrogen-bond donors (Lipinski definition) is 1. The molecule has 1 N–H and O–H groups in total. The van der Waals surface area contributed by atoms with Crippen LogP contribution in [-0.4, -0.2) is 12.3 Å². The number of rotatable bonds is 6. The largest absolute Gasteiger partial charge is 0.310 e. The molecule has 0 saturated carbocycles. The molecule has 1 unspecified atom stereocenters. The quantitative estimate of drug-likeness (QED) is 0.590. The molecule has 0 aromatic heterocycles. The van der Waals surface area contributed by atoms with Crippen molar-refractivity contribution in [2.75, 3.05) is 12.3 Å². The average Bonchev–Trinajstić information content (AvgIpc) is 2.27. The van der Waals surface area contributed by atoms with Crippen LogP contribution >= 0.6 is 11.8 Å². The summed E-state index contributed by atoms with van der Waals surface area (Å²) in [6.07, 6.45) is 0. The highest BCUT2D eigenvalue weighted by Crippen LogP contribution is 2.22. The van der Waals surface area contributed by atoms with E-state index >= 15 is 0 Å². The van der Waals surface area contributed by atoms with Gasteiger partial charge in [0.1, 0.15) is 0 Å². The van der Waals surface area contributed by atoms with Crippen LogP contribution in [0, 0.1) is 0 Å². The molecule has 88 valence electrons. The Kier molecular flexibility index (Phi) is 5.64. The van der Waals surface area contributed by atoms with Crippen LogP contribution in [0.1, 0.15) is 32.4 Å². The fourth-order valence-electron chi connectivity index (χ4n) is 1.48. The van der Waals surface area contributed by atoms with Crippen molar-refractivity contribution in [1.82, 2.24) is 5.32 Å².